The maximum absolute atomic E-state index is 15.0. The summed E-state index contributed by atoms with van der Waals surface area (Å²) in [4.78, 5) is 25.7. The van der Waals surface area contributed by atoms with Gasteiger partial charge in [0, 0.05) is 23.2 Å². The van der Waals surface area contributed by atoms with Gasteiger partial charge in [-0.3, -0.25) is 9.59 Å². The summed E-state index contributed by atoms with van der Waals surface area (Å²) >= 11 is 0. The van der Waals surface area contributed by atoms with Crippen LogP contribution in [-0.2, 0) is 0 Å². The smallest absolute Gasteiger partial charge is 0.251 e. The highest BCUT2D eigenvalue weighted by Gasteiger charge is 2.43. The Bertz CT molecular complexity index is 1540. The largest absolute Gasteiger partial charge is 0.451 e. The minimum atomic E-state index is -1.78. The molecule has 254 valence electrons. The second-order valence-corrected chi connectivity index (χ2v) is 14.4. The molecule has 4 fully saturated rings. The highest BCUT2D eigenvalue weighted by molar-refractivity contribution is 5.95. The van der Waals surface area contributed by atoms with Crippen LogP contribution < -0.4 is 20.1 Å². The Hall–Kier alpha value is -4.08. The number of carbonyl (C=O) groups excluding carboxylic acids is 2. The molecule has 3 aromatic carbocycles. The Morgan fingerprint density at radius 2 is 0.938 bits per heavy atom. The third-order valence-electron chi connectivity index (χ3n) is 11.4. The molecule has 3 aromatic rings. The fourth-order valence-electron chi connectivity index (χ4n) is 8.96. The van der Waals surface area contributed by atoms with Gasteiger partial charge in [-0.05, 0) is 136 Å². The lowest BCUT2D eigenvalue weighted by molar-refractivity contribution is 0.0907. The van der Waals surface area contributed by atoms with Crippen LogP contribution in [0.1, 0.15) is 85.9 Å². The molecule has 8 unspecified atom stereocenters. The van der Waals surface area contributed by atoms with Crippen LogP contribution in [0.2, 0.25) is 0 Å². The van der Waals surface area contributed by atoms with Crippen LogP contribution in [0, 0.1) is 58.8 Å². The zero-order chi connectivity index (χ0) is 33.7. The van der Waals surface area contributed by atoms with Gasteiger partial charge in [-0.2, -0.15) is 17.6 Å². The van der Waals surface area contributed by atoms with Crippen molar-refractivity contribution in [1.82, 2.24) is 10.6 Å². The molecule has 10 heteroatoms. The molecule has 7 rings (SSSR count). The van der Waals surface area contributed by atoms with Crippen LogP contribution in [0.15, 0.2) is 48.5 Å². The maximum atomic E-state index is 15.0. The van der Waals surface area contributed by atoms with Gasteiger partial charge in [0.05, 0.1) is 0 Å². The van der Waals surface area contributed by atoms with Crippen LogP contribution in [0.3, 0.4) is 0 Å². The normalized spacial score (nSPS) is 26.7. The molecule has 0 heterocycles. The molecule has 2 amide bonds. The third kappa shape index (κ3) is 6.26. The molecule has 6 nitrogen and oxygen atoms in total. The number of nitrogens with one attached hydrogen (secondary N) is 2. The molecule has 0 aromatic heterocycles. The SMILES string of the molecule is CC(NC(=O)c1ccc(Oc2c(F)c(F)c(Oc3ccc(C(=O)NC(C)C4CC5CCC4C5)cc3)c(F)c2F)cc1)C1CC2CCC1C2. The topological polar surface area (TPSA) is 76.7 Å². The molecule has 0 aliphatic heterocycles. The molecule has 4 aliphatic rings. The van der Waals surface area contributed by atoms with Crippen molar-refractivity contribution < 1.29 is 36.6 Å². The quantitative estimate of drug-likeness (QED) is 0.168. The Morgan fingerprint density at radius 1 is 0.583 bits per heavy atom. The minimum absolute atomic E-state index is 0.0150. The Balaban J connectivity index is 0.976. The van der Waals surface area contributed by atoms with Gasteiger partial charge in [0.25, 0.3) is 11.8 Å². The fourth-order valence-corrected chi connectivity index (χ4v) is 8.96. The van der Waals surface area contributed by atoms with Crippen molar-refractivity contribution in [2.24, 2.45) is 35.5 Å². The maximum Gasteiger partial charge on any atom is 0.251 e. The zero-order valence-corrected chi connectivity index (χ0v) is 27.0. The molecule has 48 heavy (non-hydrogen) atoms. The van der Waals surface area contributed by atoms with Gasteiger partial charge in [0.2, 0.25) is 34.8 Å². The third-order valence-corrected chi connectivity index (χ3v) is 11.4. The molecular weight excluding hydrogens is 624 g/mol. The van der Waals surface area contributed by atoms with E-state index in [-0.39, 0.29) is 35.4 Å². The van der Waals surface area contributed by atoms with Gasteiger partial charge in [0.15, 0.2) is 0 Å². The number of hydrogen-bond donors (Lipinski definition) is 2. The number of ether oxygens (including phenoxy) is 2. The van der Waals surface area contributed by atoms with Crippen molar-refractivity contribution in [3.63, 3.8) is 0 Å². The lowest BCUT2D eigenvalue weighted by atomic mass is 9.84. The monoisotopic (exact) mass is 664 g/mol. The van der Waals surface area contributed by atoms with E-state index in [1.807, 2.05) is 13.8 Å². The first kappa shape index (κ1) is 32.5. The van der Waals surface area contributed by atoms with Crippen molar-refractivity contribution >= 4 is 11.8 Å². The molecule has 2 N–H and O–H groups in total. The van der Waals surface area contributed by atoms with Gasteiger partial charge >= 0.3 is 0 Å². The summed E-state index contributed by atoms with van der Waals surface area (Å²) in [6, 6.07) is 10.9. The summed E-state index contributed by atoms with van der Waals surface area (Å²) in [6.45, 7) is 4.02. The summed E-state index contributed by atoms with van der Waals surface area (Å²) < 4.78 is 70.5. The van der Waals surface area contributed by atoms with Crippen molar-refractivity contribution in [3.8, 4) is 23.0 Å². The van der Waals surface area contributed by atoms with Gasteiger partial charge in [-0.1, -0.05) is 12.8 Å². The second-order valence-electron chi connectivity index (χ2n) is 14.4. The van der Waals surface area contributed by atoms with E-state index >= 15 is 17.6 Å². The van der Waals surface area contributed by atoms with Crippen molar-refractivity contribution in [3.05, 3.63) is 82.9 Å². The summed E-state index contributed by atoms with van der Waals surface area (Å²) in [7, 11) is 0. The van der Waals surface area contributed by atoms with Crippen molar-refractivity contribution in [2.75, 3.05) is 0 Å². The van der Waals surface area contributed by atoms with E-state index in [0.717, 1.165) is 24.7 Å². The molecule has 4 bridgehead atoms. The van der Waals surface area contributed by atoms with Crippen LogP contribution in [0.4, 0.5) is 17.6 Å². The van der Waals surface area contributed by atoms with Gasteiger partial charge in [0.1, 0.15) is 11.5 Å². The number of halogens is 4. The van der Waals surface area contributed by atoms with Gasteiger partial charge < -0.3 is 20.1 Å². The first-order valence-corrected chi connectivity index (χ1v) is 17.1. The zero-order valence-electron chi connectivity index (χ0n) is 27.0. The van der Waals surface area contributed by atoms with Crippen LogP contribution in [-0.4, -0.2) is 23.9 Å². The Kier molecular flexibility index (Phi) is 8.85. The predicted octanol–water partition coefficient (Wildman–Crippen LogP) is 8.94. The van der Waals surface area contributed by atoms with Crippen LogP contribution >= 0.6 is 0 Å². The fraction of sp³-hybridized carbons (Fsp3) is 0.474. The van der Waals surface area contributed by atoms with E-state index in [0.29, 0.717) is 34.8 Å². The summed E-state index contributed by atoms with van der Waals surface area (Å²) in [6.07, 6.45) is 9.65. The van der Waals surface area contributed by atoms with E-state index in [4.69, 9.17) is 9.47 Å². The number of benzene rings is 3. The minimum Gasteiger partial charge on any atom is -0.451 e. The van der Waals surface area contributed by atoms with Gasteiger partial charge in [-0.25, -0.2) is 0 Å². The summed E-state index contributed by atoms with van der Waals surface area (Å²) in [5.74, 6) is -6.81. The highest BCUT2D eigenvalue weighted by atomic mass is 19.2. The number of carbonyl (C=O) groups is 2. The van der Waals surface area contributed by atoms with Crippen molar-refractivity contribution in [2.45, 2.75) is 77.3 Å². The predicted molar refractivity (Wildman–Crippen MR) is 171 cm³/mol. The molecule has 0 saturated heterocycles. The lowest BCUT2D eigenvalue weighted by Gasteiger charge is -2.28. The first-order chi connectivity index (χ1) is 23.0. The van der Waals surface area contributed by atoms with E-state index < -0.39 is 34.8 Å². The number of amides is 2. The summed E-state index contributed by atoms with van der Waals surface area (Å²) in [5, 5.41) is 6.10. The Labute approximate surface area is 277 Å². The average Bonchev–Trinajstić information content (AvgIpc) is 3.92. The standard InChI is InChI=1S/C38H40F4N2O4/c1-19(29-17-21-3-5-25(29)15-21)43-37(45)23-7-11-27(12-8-23)47-35-31(39)33(41)36(34(42)32(35)40)48-28-13-9-24(10-14-28)38(46)44-20(2)30-18-22-4-6-26(30)16-22/h7-14,19-22,25-26,29-30H,3-6,15-18H2,1-2H3,(H,43,45)(H,44,46). The molecule has 0 spiro atoms. The number of rotatable bonds is 10. The molecule has 4 aliphatic carbocycles. The van der Waals surface area contributed by atoms with Crippen LogP contribution in [0.5, 0.6) is 23.0 Å². The van der Waals surface area contributed by atoms with Crippen molar-refractivity contribution in [1.29, 1.82) is 0 Å². The molecule has 8 atom stereocenters. The second kappa shape index (κ2) is 13.1. The van der Waals surface area contributed by atoms with E-state index in [1.54, 1.807) is 0 Å². The molecule has 0 radical (unpaired) electrons. The van der Waals surface area contributed by atoms with Crippen LogP contribution in [0.25, 0.3) is 0 Å². The lowest BCUT2D eigenvalue weighted by Crippen LogP contribution is -2.40. The van der Waals surface area contributed by atoms with E-state index in [9.17, 15) is 9.59 Å². The molecular formula is C38H40F4N2O4. The van der Waals surface area contributed by atoms with E-state index in [2.05, 4.69) is 10.6 Å². The van der Waals surface area contributed by atoms with E-state index in [1.165, 1.54) is 87.1 Å². The van der Waals surface area contributed by atoms with Gasteiger partial charge in [-0.15, -0.1) is 0 Å². The summed E-state index contributed by atoms with van der Waals surface area (Å²) in [5.41, 5.74) is 0.635. The number of fused-ring (bicyclic) bond motifs is 4. The highest BCUT2D eigenvalue weighted by Crippen LogP contribution is 2.50. The number of hydrogen-bond acceptors (Lipinski definition) is 4. The first-order valence-electron chi connectivity index (χ1n) is 17.1. The Morgan fingerprint density at radius 3 is 1.23 bits per heavy atom. The molecule has 4 saturated carbocycles. The average molecular weight is 665 g/mol.